The van der Waals surface area contributed by atoms with Crippen LogP contribution in [-0.4, -0.2) is 17.1 Å². The van der Waals surface area contributed by atoms with E-state index in [4.69, 9.17) is 11.5 Å². The van der Waals surface area contributed by atoms with E-state index in [-0.39, 0.29) is 11.6 Å². The molecule has 1 aromatic rings. The van der Waals surface area contributed by atoms with Crippen LogP contribution >= 0.6 is 15.9 Å². The van der Waals surface area contributed by atoms with Crippen LogP contribution in [0, 0.1) is 10.1 Å². The van der Waals surface area contributed by atoms with Crippen LogP contribution in [0.4, 0.5) is 5.69 Å². The lowest BCUT2D eigenvalue weighted by atomic mass is 10.2. The molecule has 0 aromatic heterocycles. The summed E-state index contributed by atoms with van der Waals surface area (Å²) in [6.07, 6.45) is 1.21. The van der Waals surface area contributed by atoms with E-state index in [0.29, 0.717) is 10.0 Å². The van der Waals surface area contributed by atoms with E-state index in [0.717, 1.165) is 0 Å². The minimum absolute atomic E-state index is 0.0797. The molecule has 4 N–H and O–H groups in total. The third kappa shape index (κ3) is 3.31. The Morgan fingerprint density at radius 2 is 2.19 bits per heavy atom. The smallest absolute Gasteiger partial charge is 0.279 e. The van der Waals surface area contributed by atoms with Gasteiger partial charge >= 0.3 is 0 Å². The topological polar surface area (TPSA) is 120 Å². The third-order valence-corrected chi connectivity index (χ3v) is 2.05. The number of guanidine groups is 1. The van der Waals surface area contributed by atoms with Gasteiger partial charge in [0, 0.05) is 10.5 Å². The van der Waals surface area contributed by atoms with Gasteiger partial charge in [0.25, 0.3) is 5.69 Å². The van der Waals surface area contributed by atoms with Crippen molar-refractivity contribution in [2.45, 2.75) is 0 Å². The van der Waals surface area contributed by atoms with Crippen molar-refractivity contribution in [1.29, 1.82) is 0 Å². The van der Waals surface area contributed by atoms with Gasteiger partial charge in [-0.25, -0.2) is 0 Å². The zero-order valence-corrected chi connectivity index (χ0v) is 9.59. The molecule has 0 aliphatic heterocycles. The first-order valence-corrected chi connectivity index (χ1v) is 4.86. The number of hydrogen-bond donors (Lipinski definition) is 2. The molecule has 0 amide bonds. The predicted octanol–water partition coefficient (Wildman–Crippen LogP) is 0.965. The SMILES string of the molecule is NC(N)=NN=Cc1ccc(Br)cc1[N+](=O)[O-]. The monoisotopic (exact) mass is 285 g/mol. The fourth-order valence-corrected chi connectivity index (χ4v) is 1.29. The van der Waals surface area contributed by atoms with Crippen molar-refractivity contribution in [3.8, 4) is 0 Å². The number of hydrogen-bond acceptors (Lipinski definition) is 4. The van der Waals surface area contributed by atoms with E-state index in [9.17, 15) is 10.1 Å². The molecule has 0 atom stereocenters. The number of nitro groups is 1. The average molecular weight is 286 g/mol. The van der Waals surface area contributed by atoms with Crippen molar-refractivity contribution in [2.24, 2.45) is 21.7 Å². The molecule has 0 aliphatic carbocycles. The molecule has 0 fully saturated rings. The number of nitrogens with two attached hydrogens (primary N) is 2. The summed E-state index contributed by atoms with van der Waals surface area (Å²) in [4.78, 5) is 10.2. The van der Waals surface area contributed by atoms with Crippen molar-refractivity contribution >= 4 is 33.8 Å². The normalized spacial score (nSPS) is 10.3. The Morgan fingerprint density at radius 1 is 1.50 bits per heavy atom. The standard InChI is InChI=1S/C8H8BrN5O2/c9-6-2-1-5(4-12-13-8(10)11)7(3-6)14(15)16/h1-4H,(H4,10,11,13). The molecule has 0 bridgehead atoms. The summed E-state index contributed by atoms with van der Waals surface area (Å²) in [5, 5.41) is 17.6. The zero-order chi connectivity index (χ0) is 12.1. The Labute approximate surface area is 99.1 Å². The summed E-state index contributed by atoms with van der Waals surface area (Å²) in [7, 11) is 0. The van der Waals surface area contributed by atoms with Gasteiger partial charge in [-0.2, -0.15) is 5.10 Å². The van der Waals surface area contributed by atoms with Gasteiger partial charge in [-0.3, -0.25) is 10.1 Å². The highest BCUT2D eigenvalue weighted by Crippen LogP contribution is 2.22. The van der Waals surface area contributed by atoms with Crippen LogP contribution < -0.4 is 11.5 Å². The van der Waals surface area contributed by atoms with E-state index in [1.165, 1.54) is 18.3 Å². The van der Waals surface area contributed by atoms with Crippen LogP contribution in [0.3, 0.4) is 0 Å². The Kier molecular flexibility index (Phi) is 3.95. The highest BCUT2D eigenvalue weighted by atomic mass is 79.9. The Bertz CT molecular complexity index is 467. The van der Waals surface area contributed by atoms with Crippen molar-refractivity contribution in [1.82, 2.24) is 0 Å². The molecule has 0 aliphatic rings. The first-order chi connectivity index (χ1) is 7.50. The fourth-order valence-electron chi connectivity index (χ4n) is 0.942. The summed E-state index contributed by atoms with van der Waals surface area (Å²) >= 11 is 3.14. The molecule has 0 saturated carbocycles. The Morgan fingerprint density at radius 3 is 2.75 bits per heavy atom. The van der Waals surface area contributed by atoms with Crippen molar-refractivity contribution < 1.29 is 4.92 Å². The maximum absolute atomic E-state index is 10.7. The second-order valence-corrected chi connectivity index (χ2v) is 3.65. The number of nitrogens with zero attached hydrogens (tertiary/aromatic N) is 3. The largest absolute Gasteiger partial charge is 0.369 e. The van der Waals surface area contributed by atoms with Crippen molar-refractivity contribution in [2.75, 3.05) is 0 Å². The fraction of sp³-hybridized carbons (Fsp3) is 0. The molecule has 7 nitrogen and oxygen atoms in total. The van der Waals surface area contributed by atoms with Crippen LogP contribution in [-0.2, 0) is 0 Å². The highest BCUT2D eigenvalue weighted by molar-refractivity contribution is 9.10. The second kappa shape index (κ2) is 5.21. The average Bonchev–Trinajstić information content (AvgIpc) is 2.19. The maximum atomic E-state index is 10.7. The summed E-state index contributed by atoms with van der Waals surface area (Å²) in [5.74, 6) is -0.212. The van der Waals surface area contributed by atoms with Crippen LogP contribution in [0.25, 0.3) is 0 Å². The van der Waals surface area contributed by atoms with Crippen molar-refractivity contribution in [3.05, 3.63) is 38.3 Å². The van der Waals surface area contributed by atoms with Gasteiger partial charge < -0.3 is 11.5 Å². The summed E-state index contributed by atoms with van der Waals surface area (Å²) in [5.41, 5.74) is 10.3. The van der Waals surface area contributed by atoms with E-state index >= 15 is 0 Å². The molecule has 0 radical (unpaired) electrons. The minimum atomic E-state index is -0.512. The minimum Gasteiger partial charge on any atom is -0.369 e. The van der Waals surface area contributed by atoms with Gasteiger partial charge in [0.1, 0.15) is 0 Å². The predicted molar refractivity (Wildman–Crippen MR) is 64.2 cm³/mol. The Hall–Kier alpha value is -1.96. The third-order valence-electron chi connectivity index (χ3n) is 1.56. The second-order valence-electron chi connectivity index (χ2n) is 2.73. The summed E-state index contributed by atoms with van der Waals surface area (Å²) in [6.45, 7) is 0. The van der Waals surface area contributed by atoms with E-state index in [1.807, 2.05) is 0 Å². The highest BCUT2D eigenvalue weighted by Gasteiger charge is 2.11. The molecule has 84 valence electrons. The van der Waals surface area contributed by atoms with Crippen LogP contribution in [0.2, 0.25) is 0 Å². The lowest BCUT2D eigenvalue weighted by Crippen LogP contribution is -2.21. The molecule has 0 unspecified atom stereocenters. The number of halogens is 1. The molecule has 16 heavy (non-hydrogen) atoms. The van der Waals surface area contributed by atoms with E-state index in [1.54, 1.807) is 6.07 Å². The molecule has 1 aromatic carbocycles. The molecule has 1 rings (SSSR count). The van der Waals surface area contributed by atoms with E-state index in [2.05, 4.69) is 26.1 Å². The molecule has 0 heterocycles. The van der Waals surface area contributed by atoms with Crippen molar-refractivity contribution in [3.63, 3.8) is 0 Å². The summed E-state index contributed by atoms with van der Waals surface area (Å²) in [6, 6.07) is 4.56. The van der Waals surface area contributed by atoms with Gasteiger partial charge in [-0.1, -0.05) is 15.9 Å². The lowest BCUT2D eigenvalue weighted by Gasteiger charge is -1.96. The van der Waals surface area contributed by atoms with Crippen LogP contribution in [0.5, 0.6) is 0 Å². The van der Waals surface area contributed by atoms with Gasteiger partial charge in [-0.05, 0) is 12.1 Å². The van der Waals surface area contributed by atoms with Gasteiger partial charge in [0.2, 0.25) is 5.96 Å². The number of nitro benzene ring substituents is 1. The Balaban J connectivity index is 3.09. The van der Waals surface area contributed by atoms with Gasteiger partial charge in [0.05, 0.1) is 16.7 Å². The first kappa shape index (κ1) is 12.1. The molecule has 0 saturated heterocycles. The van der Waals surface area contributed by atoms with Crippen LogP contribution in [0.1, 0.15) is 5.56 Å². The number of benzene rings is 1. The van der Waals surface area contributed by atoms with E-state index < -0.39 is 4.92 Å². The molecular formula is C8H8BrN5O2. The quantitative estimate of drug-likeness (QED) is 0.372. The maximum Gasteiger partial charge on any atom is 0.279 e. The molecule has 8 heteroatoms. The lowest BCUT2D eigenvalue weighted by molar-refractivity contribution is -0.385. The molecule has 0 spiro atoms. The molecular weight excluding hydrogens is 278 g/mol. The van der Waals surface area contributed by atoms with Gasteiger partial charge in [-0.15, -0.1) is 5.10 Å². The first-order valence-electron chi connectivity index (χ1n) is 4.06. The number of rotatable bonds is 3. The summed E-state index contributed by atoms with van der Waals surface area (Å²) < 4.78 is 0.609. The van der Waals surface area contributed by atoms with Crippen LogP contribution in [0.15, 0.2) is 32.9 Å². The zero-order valence-electron chi connectivity index (χ0n) is 8.00. The van der Waals surface area contributed by atoms with Gasteiger partial charge in [0.15, 0.2) is 0 Å².